The summed E-state index contributed by atoms with van der Waals surface area (Å²) < 4.78 is 321. The van der Waals surface area contributed by atoms with Crippen molar-refractivity contribution in [2.75, 3.05) is 226 Å². The summed E-state index contributed by atoms with van der Waals surface area (Å²) in [5.41, 5.74) is -1.27. The van der Waals surface area contributed by atoms with Crippen LogP contribution in [0.1, 0.15) is 266 Å². The summed E-state index contributed by atoms with van der Waals surface area (Å²) in [6.45, 7) is 70.4. The molecule has 0 bridgehead atoms. The predicted octanol–water partition coefficient (Wildman–Crippen LogP) is 8.80. The van der Waals surface area contributed by atoms with Gasteiger partial charge < -0.3 is 0 Å². The van der Waals surface area contributed by atoms with Gasteiger partial charge in [-0.05, 0) is 245 Å². The molecule has 9 unspecified atom stereocenters. The van der Waals surface area contributed by atoms with E-state index in [0.717, 1.165) is 102 Å². The standard InChI is InChI=1S/3C11H24N2O2S.C11H23NO2S.C10H19F3N2O2S.C10H23N2O2PS.C10H22N2O2S.C9H18N2O3S.C9H20N2O2S/c1-9-7-12(11(3,4)5)8-10(2)13(9)16(6,14)15;1-10(2,3)12-7-8-13(16(6,14)15)11(4,5)9-12;1-6-10-9-12(11(2,3)4)7-8-13(10)16(5,14)15;1-9-8-10(11(2,3)4)6-7-12(9)15(5,13)14;1-9(2,3)14-5-6-15(18(4,16)17)8(7-14)10(11,12)13;1-10(2,3)11-6-7-12(16(5,13)14)9(8-11)15-4;1-9-8-11(10(2,3)4)6-7-12(9)15(5,13)14;1-9(2,3)10-5-6-11(8(12)7-10)15(4,13)14;1-9(2,3)10-5-7-11(8-6-10)14(4,12)13/h9-10H,7-8H2,1-6H3;7-9H2,1-6H3;10H,6-9H2,1-5H3;9-10H,6-8H2,1-5H3;8H,5-7H2,1-4H3;9,15H,6-8H2,1-5H3;9H,6-8H2,1-5H3;5-7H2,1-4H3;5-8H2,1-4H3/i;;;;;;;;5D2,6D2,7D2,8D2. The number of hydrogen-bond acceptors (Lipinski definition) is 27. The molecule has 0 spiro atoms. The molecular weight excluding hydrogens is 2020 g/mol. The van der Waals surface area contributed by atoms with E-state index >= 15 is 0 Å². The molecule has 9 fully saturated rings. The lowest BCUT2D eigenvalue weighted by Gasteiger charge is -2.50. The number of carbonyl (C=O) groups excluding carboxylic acids is 1. The van der Waals surface area contributed by atoms with Crippen LogP contribution in [0.25, 0.3) is 0 Å². The highest BCUT2D eigenvalue weighted by molar-refractivity contribution is 7.90. The van der Waals surface area contributed by atoms with Crippen LogP contribution in [0, 0.1) is 11.3 Å². The average molecular weight is 2230 g/mol. The van der Waals surface area contributed by atoms with Gasteiger partial charge in [0.15, 0.2) is 0 Å². The molecule has 9 aliphatic rings. The van der Waals surface area contributed by atoms with Crippen LogP contribution < -0.4 is 0 Å². The smallest absolute Gasteiger partial charge is 0.296 e. The van der Waals surface area contributed by atoms with Crippen molar-refractivity contribution >= 4 is 105 Å². The first-order chi connectivity index (χ1) is 65.2. The zero-order valence-corrected chi connectivity index (χ0v) is 103. The van der Waals surface area contributed by atoms with E-state index in [1.54, 1.807) is 30.7 Å². The third-order valence-corrected chi connectivity index (χ3v) is 39.2. The monoisotopic (exact) mass is 2230 g/mol. The fourth-order valence-corrected chi connectivity index (χ4v) is 29.2. The summed E-state index contributed by atoms with van der Waals surface area (Å²) >= 11 is 0. The van der Waals surface area contributed by atoms with Gasteiger partial charge in [0, 0.05) is 248 Å². The summed E-state index contributed by atoms with van der Waals surface area (Å²) in [5, 5.41) is 0. The molecule has 0 aromatic heterocycles. The number of sulfonamides is 9. The van der Waals surface area contributed by atoms with Gasteiger partial charge in [-0.2, -0.15) is 47.6 Å². The van der Waals surface area contributed by atoms with Crippen molar-refractivity contribution in [1.29, 1.82) is 0 Å². The fraction of sp³-hybridized carbons (Fsp3) is 0.989. The molecule has 141 heavy (non-hydrogen) atoms. The number of carbonyl (C=O) groups is 1. The number of hydrogen-bond donors (Lipinski definition) is 0. The summed E-state index contributed by atoms with van der Waals surface area (Å²) in [7, 11) is -29.5. The highest BCUT2D eigenvalue weighted by atomic mass is 32.2. The van der Waals surface area contributed by atoms with Crippen molar-refractivity contribution in [3.05, 3.63) is 0 Å². The molecule has 0 aromatic rings. The topological polar surface area (TPSA) is 379 Å². The lowest BCUT2D eigenvalue weighted by atomic mass is 9.74. The van der Waals surface area contributed by atoms with Gasteiger partial charge in [0.1, 0.15) is 6.04 Å². The molecule has 36 nitrogen and oxygen atoms in total. The number of halogens is 3. The van der Waals surface area contributed by atoms with Crippen molar-refractivity contribution in [2.24, 2.45) is 11.3 Å². The van der Waals surface area contributed by atoms with Gasteiger partial charge >= 0.3 is 6.18 Å². The predicted molar refractivity (Wildman–Crippen MR) is 576 cm³/mol. The highest BCUT2D eigenvalue weighted by Gasteiger charge is 2.52. The van der Waals surface area contributed by atoms with E-state index in [9.17, 15) is 93.7 Å². The Balaban J connectivity index is 0.000000840. The molecular formula is C92H197F3N17O19PS9. The van der Waals surface area contributed by atoms with Gasteiger partial charge in [-0.25, -0.2) is 80.1 Å². The van der Waals surface area contributed by atoms with Crippen molar-refractivity contribution < 1.29 is 105 Å². The third kappa shape index (κ3) is 46.2. The number of nitrogens with zero attached hydrogens (tertiary/aromatic N) is 17. The minimum atomic E-state index is -4.58. The minimum absolute atomic E-state index is 0.0537. The summed E-state index contributed by atoms with van der Waals surface area (Å²) in [4.78, 5) is 27.4. The van der Waals surface area contributed by atoms with Crippen molar-refractivity contribution in [3.63, 3.8) is 0 Å². The van der Waals surface area contributed by atoms with Crippen molar-refractivity contribution in [2.45, 2.75) is 353 Å². The van der Waals surface area contributed by atoms with E-state index in [2.05, 4.69) is 163 Å². The molecule has 9 heterocycles. The molecule has 9 atom stereocenters. The largest absolute Gasteiger partial charge is 0.406 e. The molecule has 9 aliphatic heterocycles. The molecule has 0 saturated carbocycles. The van der Waals surface area contributed by atoms with Crippen LogP contribution in [-0.2, 0) is 95.0 Å². The molecule has 0 N–H and O–H groups in total. The highest BCUT2D eigenvalue weighted by Crippen LogP contribution is 2.39. The van der Waals surface area contributed by atoms with Crippen LogP contribution in [0.3, 0.4) is 0 Å². The van der Waals surface area contributed by atoms with Crippen LogP contribution in [0.5, 0.6) is 0 Å². The first kappa shape index (κ1) is 123. The third-order valence-electron chi connectivity index (χ3n) is 26.2. The van der Waals surface area contributed by atoms with E-state index in [1.165, 1.54) is 58.3 Å². The van der Waals surface area contributed by atoms with E-state index in [0.29, 0.717) is 75.8 Å². The van der Waals surface area contributed by atoms with E-state index in [4.69, 9.17) is 11.0 Å². The zero-order valence-electron chi connectivity index (χ0n) is 102. The molecule has 0 aliphatic carbocycles. The second kappa shape index (κ2) is 51.6. The molecule has 49 heteroatoms. The maximum absolute atomic E-state index is 13.0. The molecule has 844 valence electrons. The average Bonchev–Trinajstić information content (AvgIpc) is 0.675. The zero-order chi connectivity index (χ0) is 119. The number of rotatable bonds is 11. The summed E-state index contributed by atoms with van der Waals surface area (Å²) in [5.74, 6) is 0.451. The Kier molecular flexibility index (Phi) is 45.0. The Morgan fingerprint density at radius 1 is 0.348 bits per heavy atom. The first-order valence-electron chi connectivity index (χ1n) is 52.3. The van der Waals surface area contributed by atoms with Crippen LogP contribution >= 0.6 is 8.58 Å². The molecule has 9 rings (SSSR count). The first-order valence-corrected chi connectivity index (χ1v) is 66.6. The Labute approximate surface area is 872 Å². The Morgan fingerprint density at radius 2 is 0.681 bits per heavy atom. The molecule has 9 saturated heterocycles. The summed E-state index contributed by atoms with van der Waals surface area (Å²) in [6, 6.07) is -1.50. The maximum Gasteiger partial charge on any atom is 0.406 e. The quantitative estimate of drug-likeness (QED) is 0.174. The van der Waals surface area contributed by atoms with E-state index in [1.807, 2.05) is 88.0 Å². The number of alkyl halides is 3. The Hall–Kier alpha value is -1.40. The summed E-state index contributed by atoms with van der Waals surface area (Å²) in [6.07, 6.45) is 8.50. The second-order valence-electron chi connectivity index (χ2n) is 48.5. The second-order valence-corrected chi connectivity index (χ2v) is 66.9. The van der Waals surface area contributed by atoms with Gasteiger partial charge in [0.2, 0.25) is 96.1 Å². The van der Waals surface area contributed by atoms with Crippen LogP contribution in [0.4, 0.5) is 13.2 Å². The SMILES string of the molecule is CC(C)(C)N1CCN(S(C)(=O)=O)C(=O)C1.CC(C)(C)N1CCN(S(C)(=O)=O)C(C(F)(F)F)C1.CC(C)(C)N1CCN(S(C)(=O)=O)C(C)(C)C1.CC1CC(C(C)(C)C)CCN1S(C)(=O)=O.CC1CN(C(C)(C)C)CC(C)N1S(C)(=O)=O.CC1CN(C(C)(C)C)CCN1S(C)(=O)=O.CCC1CN(C(C)(C)C)CCN1S(C)(=O)=O.CPC1CN(C(C)(C)C)CCN1S(C)(=O)=O.[2H]C1([2H])N(C(C)(C)C)C([2H])([2H])C([2H])([2H])N(S(C)(=O)=O)C1([2H])[2H]. The van der Waals surface area contributed by atoms with Gasteiger partial charge in [0.25, 0.3) is 0 Å². The lowest BCUT2D eigenvalue weighted by molar-refractivity contribution is -0.186. The van der Waals surface area contributed by atoms with Crippen LogP contribution in [0.15, 0.2) is 0 Å². The number of amides is 1. The normalized spacial score (nSPS) is 28.3. The minimum Gasteiger partial charge on any atom is -0.296 e. The van der Waals surface area contributed by atoms with E-state index in [-0.39, 0.29) is 117 Å². The number of piperidine rings is 1. The fourth-order valence-electron chi connectivity index (χ4n) is 17.9. The number of piperazine rings is 8. The van der Waals surface area contributed by atoms with Crippen LogP contribution in [-0.4, -0.2) is 484 Å². The Bertz CT molecular complexity index is 5240. The lowest BCUT2D eigenvalue weighted by Crippen LogP contribution is -2.64. The molecule has 0 radical (unpaired) electrons. The Morgan fingerprint density at radius 3 is 0.986 bits per heavy atom. The molecule has 0 aromatic carbocycles. The van der Waals surface area contributed by atoms with Gasteiger partial charge in [-0.1, -0.05) is 27.7 Å². The van der Waals surface area contributed by atoms with Crippen molar-refractivity contribution in [1.82, 2.24) is 77.9 Å². The van der Waals surface area contributed by atoms with Gasteiger partial charge in [-0.3, -0.25) is 44.0 Å². The molecule has 1 amide bonds. The van der Waals surface area contributed by atoms with E-state index < -0.39 is 139 Å². The maximum atomic E-state index is 13.0. The van der Waals surface area contributed by atoms with Gasteiger partial charge in [0.05, 0.1) is 68.6 Å². The van der Waals surface area contributed by atoms with Gasteiger partial charge in [-0.15, -0.1) is 8.58 Å². The van der Waals surface area contributed by atoms with Crippen molar-refractivity contribution in [3.8, 4) is 0 Å². The van der Waals surface area contributed by atoms with Crippen LogP contribution in [0.2, 0.25) is 0 Å².